The monoisotopic (exact) mass is 418 g/mol. The van der Waals surface area contributed by atoms with Gasteiger partial charge >= 0.3 is 0 Å². The van der Waals surface area contributed by atoms with Crippen molar-refractivity contribution in [3.8, 4) is 17.2 Å². The van der Waals surface area contributed by atoms with Gasteiger partial charge < -0.3 is 19.0 Å². The molecule has 0 radical (unpaired) electrons. The normalized spacial score (nSPS) is 11.0. The molecule has 1 aromatic heterocycles. The summed E-state index contributed by atoms with van der Waals surface area (Å²) in [5.74, 6) is 1.53. The van der Waals surface area contributed by atoms with Crippen LogP contribution >= 0.6 is 23.2 Å². The summed E-state index contributed by atoms with van der Waals surface area (Å²) in [6, 6.07) is 12.8. The second kappa shape index (κ2) is 8.87. The van der Waals surface area contributed by atoms with Crippen LogP contribution in [0, 0.1) is 0 Å². The lowest BCUT2D eigenvalue weighted by atomic mass is 10.1. The van der Waals surface area contributed by atoms with Crippen LogP contribution in [0.3, 0.4) is 0 Å². The number of rotatable bonds is 7. The van der Waals surface area contributed by atoms with E-state index in [1.54, 1.807) is 36.4 Å². The van der Waals surface area contributed by atoms with E-state index >= 15 is 0 Å². The van der Waals surface area contributed by atoms with Gasteiger partial charge in [-0.1, -0.05) is 23.2 Å². The van der Waals surface area contributed by atoms with Gasteiger partial charge in [0.15, 0.2) is 17.3 Å². The average Bonchev–Trinajstić information content (AvgIpc) is 3.13. The van der Waals surface area contributed by atoms with Crippen LogP contribution in [0.2, 0.25) is 10.0 Å². The summed E-state index contributed by atoms with van der Waals surface area (Å²) in [7, 11) is 1.42. The number of carbonyl (C=O) groups excluding carboxylic acids is 1. The molecule has 1 heterocycles. The van der Waals surface area contributed by atoms with Gasteiger partial charge in [0.05, 0.1) is 12.1 Å². The molecule has 7 heteroatoms. The lowest BCUT2D eigenvalue weighted by molar-refractivity contribution is 0.104. The van der Waals surface area contributed by atoms with Crippen LogP contribution in [0.1, 0.15) is 21.9 Å². The van der Waals surface area contributed by atoms with Gasteiger partial charge in [-0.3, -0.25) is 4.79 Å². The van der Waals surface area contributed by atoms with Crippen molar-refractivity contribution in [1.82, 2.24) is 0 Å². The molecule has 2 aromatic carbocycles. The molecule has 0 atom stereocenters. The van der Waals surface area contributed by atoms with Crippen LogP contribution in [0.25, 0.3) is 6.08 Å². The second-order valence-electron chi connectivity index (χ2n) is 5.75. The number of hydrogen-bond donors (Lipinski definition) is 1. The van der Waals surface area contributed by atoms with E-state index in [0.29, 0.717) is 32.9 Å². The summed E-state index contributed by atoms with van der Waals surface area (Å²) < 4.78 is 16.2. The molecule has 1 N–H and O–H groups in total. The standard InChI is InChI=1S/C21H16Cl2O5/c1-26-21-10-13(2-7-19(21)25)18(24)8-6-15-4-5-16(28-15)12-27-20-9-3-14(22)11-17(20)23/h2-11,25H,12H2,1H3/b8-6+. The first-order valence-electron chi connectivity index (χ1n) is 8.22. The van der Waals surface area contributed by atoms with Crippen molar-refractivity contribution in [3.63, 3.8) is 0 Å². The van der Waals surface area contributed by atoms with Gasteiger partial charge in [-0.2, -0.15) is 0 Å². The van der Waals surface area contributed by atoms with E-state index in [1.165, 1.54) is 31.4 Å². The summed E-state index contributed by atoms with van der Waals surface area (Å²) in [4.78, 5) is 12.3. The highest BCUT2D eigenvalue weighted by Gasteiger charge is 2.09. The van der Waals surface area contributed by atoms with Gasteiger partial charge in [-0.15, -0.1) is 0 Å². The third-order valence-corrected chi connectivity index (χ3v) is 4.34. The molecule has 28 heavy (non-hydrogen) atoms. The third kappa shape index (κ3) is 4.88. The van der Waals surface area contributed by atoms with Crippen LogP contribution in [-0.4, -0.2) is 18.0 Å². The molecule has 0 saturated carbocycles. The topological polar surface area (TPSA) is 68.9 Å². The highest BCUT2D eigenvalue weighted by atomic mass is 35.5. The Balaban J connectivity index is 1.63. The van der Waals surface area contributed by atoms with Crippen molar-refractivity contribution in [2.45, 2.75) is 6.61 Å². The fourth-order valence-electron chi connectivity index (χ4n) is 2.39. The van der Waals surface area contributed by atoms with E-state index in [2.05, 4.69) is 0 Å². The minimum atomic E-state index is -0.250. The highest BCUT2D eigenvalue weighted by molar-refractivity contribution is 6.35. The maximum absolute atomic E-state index is 12.3. The van der Waals surface area contributed by atoms with Gasteiger partial charge in [-0.05, 0) is 60.7 Å². The Kier molecular flexibility index (Phi) is 6.29. The fraction of sp³-hybridized carbons (Fsp3) is 0.0952. The fourth-order valence-corrected chi connectivity index (χ4v) is 2.85. The molecule has 0 fully saturated rings. The minimum Gasteiger partial charge on any atom is -0.504 e. The Morgan fingerprint density at radius 1 is 1.11 bits per heavy atom. The van der Waals surface area contributed by atoms with Crippen molar-refractivity contribution in [3.05, 3.63) is 81.7 Å². The van der Waals surface area contributed by atoms with Gasteiger partial charge in [0.2, 0.25) is 0 Å². The van der Waals surface area contributed by atoms with Gasteiger partial charge in [-0.25, -0.2) is 0 Å². The van der Waals surface area contributed by atoms with Crippen molar-refractivity contribution >= 4 is 35.1 Å². The summed E-state index contributed by atoms with van der Waals surface area (Å²) in [5.41, 5.74) is 0.387. The molecule has 3 aromatic rings. The zero-order valence-electron chi connectivity index (χ0n) is 14.8. The van der Waals surface area contributed by atoms with E-state index in [1.807, 2.05) is 0 Å². The number of carbonyl (C=O) groups is 1. The van der Waals surface area contributed by atoms with Crippen molar-refractivity contribution in [2.75, 3.05) is 7.11 Å². The molecule has 0 aliphatic carbocycles. The van der Waals surface area contributed by atoms with Crippen LogP contribution in [0.5, 0.6) is 17.2 Å². The summed E-state index contributed by atoms with van der Waals surface area (Å²) in [6.07, 6.45) is 2.94. The number of hydrogen-bond acceptors (Lipinski definition) is 5. The van der Waals surface area contributed by atoms with Gasteiger partial charge in [0.1, 0.15) is 23.9 Å². The quantitative estimate of drug-likeness (QED) is 0.389. The predicted molar refractivity (Wildman–Crippen MR) is 108 cm³/mol. The number of allylic oxidation sites excluding steroid dienone is 1. The second-order valence-corrected chi connectivity index (χ2v) is 6.60. The molecule has 0 aliphatic heterocycles. The first kappa shape index (κ1) is 19.9. The van der Waals surface area contributed by atoms with E-state index < -0.39 is 0 Å². The maximum atomic E-state index is 12.3. The molecule has 0 aliphatic rings. The van der Waals surface area contributed by atoms with E-state index in [9.17, 15) is 9.90 Å². The van der Waals surface area contributed by atoms with Crippen molar-refractivity contribution in [2.24, 2.45) is 0 Å². The average molecular weight is 419 g/mol. The summed E-state index contributed by atoms with van der Waals surface area (Å²) >= 11 is 11.9. The lowest BCUT2D eigenvalue weighted by Gasteiger charge is -2.06. The zero-order chi connectivity index (χ0) is 20.1. The molecule has 144 valence electrons. The van der Waals surface area contributed by atoms with Crippen LogP contribution in [-0.2, 0) is 6.61 Å². The predicted octanol–water partition coefficient (Wildman–Crippen LogP) is 5.78. The Labute approximate surface area is 171 Å². The number of benzene rings is 2. The molecular weight excluding hydrogens is 403 g/mol. The van der Waals surface area contributed by atoms with Crippen molar-refractivity contribution < 1.29 is 23.8 Å². The third-order valence-electron chi connectivity index (χ3n) is 3.81. The van der Waals surface area contributed by atoms with E-state index in [0.717, 1.165) is 0 Å². The molecule has 3 rings (SSSR count). The number of methoxy groups -OCH3 is 1. The summed E-state index contributed by atoms with van der Waals surface area (Å²) in [6.45, 7) is 0.179. The smallest absolute Gasteiger partial charge is 0.186 e. The number of aromatic hydroxyl groups is 1. The van der Waals surface area contributed by atoms with Crippen LogP contribution in [0.4, 0.5) is 0 Å². The molecule has 0 amide bonds. The molecule has 5 nitrogen and oxygen atoms in total. The van der Waals surface area contributed by atoms with Crippen LogP contribution in [0.15, 0.2) is 59.0 Å². The lowest BCUT2D eigenvalue weighted by Crippen LogP contribution is -1.95. The molecular formula is C21H16Cl2O5. The largest absolute Gasteiger partial charge is 0.504 e. The number of halogens is 2. The Morgan fingerprint density at radius 3 is 2.68 bits per heavy atom. The van der Waals surface area contributed by atoms with Crippen LogP contribution < -0.4 is 9.47 Å². The zero-order valence-corrected chi connectivity index (χ0v) is 16.3. The number of ether oxygens (including phenoxy) is 2. The van der Waals surface area contributed by atoms with Gasteiger partial charge in [0.25, 0.3) is 0 Å². The number of furan rings is 1. The number of phenols is 1. The van der Waals surface area contributed by atoms with Gasteiger partial charge in [0, 0.05) is 10.6 Å². The van der Waals surface area contributed by atoms with E-state index in [4.69, 9.17) is 37.1 Å². The Bertz CT molecular complexity index is 1020. The molecule has 0 saturated heterocycles. The SMILES string of the molecule is COc1cc(C(=O)/C=C/c2ccc(COc3ccc(Cl)cc3Cl)o2)ccc1O. The number of phenolic OH excluding ortho intramolecular Hbond substituents is 1. The first-order chi connectivity index (χ1) is 13.5. The van der Waals surface area contributed by atoms with Crippen molar-refractivity contribution in [1.29, 1.82) is 0 Å². The summed E-state index contributed by atoms with van der Waals surface area (Å²) in [5, 5.41) is 10.5. The Morgan fingerprint density at radius 2 is 1.93 bits per heavy atom. The number of ketones is 1. The maximum Gasteiger partial charge on any atom is 0.186 e. The first-order valence-corrected chi connectivity index (χ1v) is 8.98. The highest BCUT2D eigenvalue weighted by Crippen LogP contribution is 2.29. The molecule has 0 bridgehead atoms. The minimum absolute atomic E-state index is 0.0282. The molecule has 0 unspecified atom stereocenters. The van der Waals surface area contributed by atoms with E-state index in [-0.39, 0.29) is 23.9 Å². The Hall–Kier alpha value is -2.89. The molecule has 0 spiro atoms.